The van der Waals surface area contributed by atoms with E-state index in [0.29, 0.717) is 12.1 Å². The lowest BCUT2D eigenvalue weighted by Gasteiger charge is -2.24. The first-order valence-corrected chi connectivity index (χ1v) is 10.6. The van der Waals surface area contributed by atoms with E-state index in [0.717, 1.165) is 6.42 Å². The first-order valence-electron chi connectivity index (χ1n) is 6.15. The summed E-state index contributed by atoms with van der Waals surface area (Å²) in [5, 5.41) is 18.5. The lowest BCUT2D eigenvalue weighted by atomic mass is 10.4. The average Bonchev–Trinajstić information content (AvgIpc) is 2.48. The molecule has 0 rings (SSSR count). The SMILES string of the molecule is CO[Si](CO)(CO)C/C=C/CC[Si](OC)(OC)OC. The van der Waals surface area contributed by atoms with Gasteiger partial charge in [0, 0.05) is 34.5 Å². The molecule has 2 N–H and O–H groups in total. The standard InChI is InChI=1S/C11H26O6Si2/c1-14-18(10-12,11-13)8-6-5-7-9-19(15-2,16-3)17-4/h5-6,12-13H,7-11H2,1-4H3/b6-5+. The van der Waals surface area contributed by atoms with E-state index < -0.39 is 17.1 Å². The molecule has 0 aromatic rings. The third-order valence-electron chi connectivity index (χ3n) is 3.22. The number of aliphatic hydroxyl groups is 2. The van der Waals surface area contributed by atoms with Crippen LogP contribution in [-0.2, 0) is 17.7 Å². The zero-order valence-corrected chi connectivity index (χ0v) is 14.2. The quantitative estimate of drug-likeness (QED) is 0.427. The average molecular weight is 310 g/mol. The van der Waals surface area contributed by atoms with Crippen LogP contribution >= 0.6 is 0 Å². The molecule has 0 fully saturated rings. The van der Waals surface area contributed by atoms with E-state index in [1.165, 1.54) is 7.11 Å². The van der Waals surface area contributed by atoms with Crippen LogP contribution in [0.3, 0.4) is 0 Å². The van der Waals surface area contributed by atoms with Crippen molar-refractivity contribution in [2.24, 2.45) is 0 Å². The predicted octanol–water partition coefficient (Wildman–Crippen LogP) is 0.466. The summed E-state index contributed by atoms with van der Waals surface area (Å²) in [5.41, 5.74) is 0. The molecule has 0 radical (unpaired) electrons. The summed E-state index contributed by atoms with van der Waals surface area (Å²) in [6, 6.07) is 1.27. The van der Waals surface area contributed by atoms with Gasteiger partial charge in [-0.2, -0.15) is 0 Å². The normalized spacial score (nSPS) is 13.4. The highest BCUT2D eigenvalue weighted by Gasteiger charge is 2.36. The molecule has 0 aromatic carbocycles. The Bertz CT molecular complexity index is 237. The molecule has 0 atom stereocenters. The summed E-state index contributed by atoms with van der Waals surface area (Å²) in [6.07, 6.45) is 4.49. The zero-order chi connectivity index (χ0) is 14.8. The molecule has 19 heavy (non-hydrogen) atoms. The lowest BCUT2D eigenvalue weighted by Crippen LogP contribution is -2.46. The predicted molar refractivity (Wildman–Crippen MR) is 77.1 cm³/mol. The smallest absolute Gasteiger partial charge is 0.415 e. The summed E-state index contributed by atoms with van der Waals surface area (Å²) in [7, 11) is 1.39. The highest BCUT2D eigenvalue weighted by molar-refractivity contribution is 6.73. The van der Waals surface area contributed by atoms with Gasteiger partial charge in [-0.3, -0.25) is 0 Å². The topological polar surface area (TPSA) is 77.4 Å². The molecule has 0 amide bonds. The third-order valence-corrected chi connectivity index (χ3v) is 8.98. The second kappa shape index (κ2) is 9.78. The van der Waals surface area contributed by atoms with E-state index in [1.54, 1.807) is 21.3 Å². The van der Waals surface area contributed by atoms with Crippen molar-refractivity contribution in [3.8, 4) is 0 Å². The molecule has 0 aromatic heterocycles. The second-order valence-electron chi connectivity index (χ2n) is 4.21. The van der Waals surface area contributed by atoms with E-state index in [9.17, 15) is 10.2 Å². The van der Waals surface area contributed by atoms with Crippen molar-refractivity contribution in [3.63, 3.8) is 0 Å². The maximum absolute atomic E-state index is 9.27. The molecule has 8 heteroatoms. The van der Waals surface area contributed by atoms with Crippen LogP contribution in [0.1, 0.15) is 6.42 Å². The minimum atomic E-state index is -2.51. The van der Waals surface area contributed by atoms with Crippen molar-refractivity contribution in [3.05, 3.63) is 12.2 Å². The van der Waals surface area contributed by atoms with Gasteiger partial charge in [-0.1, -0.05) is 12.2 Å². The molecule has 0 heterocycles. The van der Waals surface area contributed by atoms with Gasteiger partial charge in [0.15, 0.2) is 0 Å². The number of hydrogen-bond donors (Lipinski definition) is 2. The molecule has 6 nitrogen and oxygen atoms in total. The number of aliphatic hydroxyl groups excluding tert-OH is 2. The third kappa shape index (κ3) is 5.84. The Balaban J connectivity index is 4.23. The highest BCUT2D eigenvalue weighted by Crippen LogP contribution is 2.16. The van der Waals surface area contributed by atoms with Crippen LogP contribution in [0.2, 0.25) is 12.1 Å². The molecule has 0 saturated carbocycles. The summed E-state index contributed by atoms with van der Waals surface area (Å²) in [6.45, 7) is 0. The minimum absolute atomic E-state index is 0.0861. The summed E-state index contributed by atoms with van der Waals surface area (Å²) in [4.78, 5) is 0. The lowest BCUT2D eigenvalue weighted by molar-refractivity contribution is 0.124. The van der Waals surface area contributed by atoms with E-state index in [4.69, 9.17) is 17.7 Å². The Hall–Kier alpha value is -0.0662. The largest absolute Gasteiger partial charge is 0.500 e. The maximum atomic E-state index is 9.27. The Kier molecular flexibility index (Phi) is 9.74. The summed E-state index contributed by atoms with van der Waals surface area (Å²) in [5.74, 6) is 0. The molecule has 0 bridgehead atoms. The van der Waals surface area contributed by atoms with Crippen molar-refractivity contribution in [1.82, 2.24) is 0 Å². The van der Waals surface area contributed by atoms with E-state index in [2.05, 4.69) is 0 Å². The molecule has 0 saturated heterocycles. The van der Waals surface area contributed by atoms with Crippen LogP contribution < -0.4 is 0 Å². The fourth-order valence-electron chi connectivity index (χ4n) is 1.62. The van der Waals surface area contributed by atoms with Crippen molar-refractivity contribution >= 4 is 17.1 Å². The van der Waals surface area contributed by atoms with Crippen molar-refractivity contribution in [1.29, 1.82) is 0 Å². The van der Waals surface area contributed by atoms with E-state index >= 15 is 0 Å². The van der Waals surface area contributed by atoms with Crippen molar-refractivity contribution < 1.29 is 27.9 Å². The zero-order valence-electron chi connectivity index (χ0n) is 12.2. The maximum Gasteiger partial charge on any atom is 0.500 e. The summed E-state index contributed by atoms with van der Waals surface area (Å²) < 4.78 is 21.2. The Morgan fingerprint density at radius 2 is 1.37 bits per heavy atom. The van der Waals surface area contributed by atoms with Gasteiger partial charge in [-0.05, 0) is 12.5 Å². The Morgan fingerprint density at radius 1 is 0.842 bits per heavy atom. The second-order valence-corrected chi connectivity index (χ2v) is 11.1. The number of allylic oxidation sites excluding steroid dienone is 2. The molecule has 0 aliphatic carbocycles. The van der Waals surface area contributed by atoms with Gasteiger partial charge in [0.25, 0.3) is 0 Å². The number of hydrogen-bond acceptors (Lipinski definition) is 6. The Morgan fingerprint density at radius 3 is 1.74 bits per heavy atom. The van der Waals surface area contributed by atoms with Crippen LogP contribution in [-0.4, -0.2) is 68.2 Å². The van der Waals surface area contributed by atoms with Crippen LogP contribution in [0.25, 0.3) is 0 Å². The molecule has 0 spiro atoms. The van der Waals surface area contributed by atoms with Gasteiger partial charge in [0.2, 0.25) is 8.32 Å². The molecule has 0 unspecified atom stereocenters. The van der Waals surface area contributed by atoms with Crippen LogP contribution in [0.5, 0.6) is 0 Å². The first-order chi connectivity index (χ1) is 9.07. The summed E-state index contributed by atoms with van der Waals surface area (Å²) >= 11 is 0. The molecule has 0 aliphatic rings. The van der Waals surface area contributed by atoms with Crippen molar-refractivity contribution in [2.75, 3.05) is 40.9 Å². The van der Waals surface area contributed by atoms with E-state index in [-0.39, 0.29) is 12.5 Å². The van der Waals surface area contributed by atoms with Crippen LogP contribution in [0, 0.1) is 0 Å². The van der Waals surface area contributed by atoms with Gasteiger partial charge >= 0.3 is 8.80 Å². The number of rotatable bonds is 11. The van der Waals surface area contributed by atoms with E-state index in [1.807, 2.05) is 12.2 Å². The van der Waals surface area contributed by atoms with Crippen LogP contribution in [0.15, 0.2) is 12.2 Å². The fraction of sp³-hybridized carbons (Fsp3) is 0.818. The van der Waals surface area contributed by atoms with Gasteiger partial charge in [-0.15, -0.1) is 0 Å². The first kappa shape index (κ1) is 18.9. The fourth-order valence-corrected chi connectivity index (χ4v) is 4.64. The Labute approximate surface area is 117 Å². The molecule has 0 aliphatic heterocycles. The van der Waals surface area contributed by atoms with Gasteiger partial charge in [0.05, 0.1) is 12.5 Å². The van der Waals surface area contributed by atoms with Gasteiger partial charge in [-0.25, -0.2) is 0 Å². The highest BCUT2D eigenvalue weighted by atomic mass is 28.4. The monoisotopic (exact) mass is 310 g/mol. The molecular weight excluding hydrogens is 284 g/mol. The van der Waals surface area contributed by atoms with Gasteiger partial charge in [0.1, 0.15) is 0 Å². The minimum Gasteiger partial charge on any atom is -0.415 e. The van der Waals surface area contributed by atoms with Crippen molar-refractivity contribution in [2.45, 2.75) is 18.5 Å². The molecular formula is C11H26O6Si2. The van der Waals surface area contributed by atoms with Crippen LogP contribution in [0.4, 0.5) is 0 Å². The van der Waals surface area contributed by atoms with Gasteiger partial charge < -0.3 is 27.9 Å². The molecule has 114 valence electrons.